The number of rotatable bonds is 4. The Morgan fingerprint density at radius 1 is 1.53 bits per heavy atom. The zero-order valence-corrected chi connectivity index (χ0v) is 9.34. The van der Waals surface area contributed by atoms with Crippen molar-refractivity contribution in [2.24, 2.45) is 0 Å². The highest BCUT2D eigenvalue weighted by atomic mass is 16.6. The van der Waals surface area contributed by atoms with E-state index in [4.69, 9.17) is 9.84 Å². The molecular formula is C11H11NO5. The smallest absolute Gasteiger partial charge is 0.331 e. The van der Waals surface area contributed by atoms with Crippen LogP contribution in [0.4, 0.5) is 5.69 Å². The molecule has 0 bridgehead atoms. The number of benzene rings is 1. The van der Waals surface area contributed by atoms with Crippen molar-refractivity contribution in [3.05, 3.63) is 39.4 Å². The second kappa shape index (κ2) is 5.11. The lowest BCUT2D eigenvalue weighted by Gasteiger charge is -2.03. The molecule has 1 N–H and O–H groups in total. The maximum Gasteiger partial charge on any atom is 0.331 e. The second-order valence-corrected chi connectivity index (χ2v) is 3.32. The number of carbonyl (C=O) groups is 1. The summed E-state index contributed by atoms with van der Waals surface area (Å²) in [5.74, 6) is -0.941. The Kier molecular flexibility index (Phi) is 3.82. The van der Waals surface area contributed by atoms with Crippen LogP contribution in [0.5, 0.6) is 5.75 Å². The molecule has 0 saturated heterocycles. The number of ether oxygens (including phenoxy) is 1. The van der Waals surface area contributed by atoms with Crippen molar-refractivity contribution in [3.8, 4) is 5.75 Å². The van der Waals surface area contributed by atoms with Gasteiger partial charge in [-0.05, 0) is 30.7 Å². The highest BCUT2D eigenvalue weighted by Crippen LogP contribution is 2.28. The van der Waals surface area contributed by atoms with E-state index in [0.717, 1.165) is 0 Å². The normalized spacial score (nSPS) is 11.1. The second-order valence-electron chi connectivity index (χ2n) is 3.32. The molecule has 0 aliphatic rings. The van der Waals surface area contributed by atoms with E-state index in [9.17, 15) is 14.9 Å². The Bertz CT molecular complexity index is 493. The van der Waals surface area contributed by atoms with E-state index in [0.29, 0.717) is 5.56 Å². The molecule has 0 spiro atoms. The van der Waals surface area contributed by atoms with E-state index in [2.05, 4.69) is 0 Å². The van der Waals surface area contributed by atoms with Crippen LogP contribution in [-0.2, 0) is 4.79 Å². The number of nitro benzene ring substituents is 1. The predicted octanol–water partition coefficient (Wildman–Crippen LogP) is 2.09. The van der Waals surface area contributed by atoms with Crippen LogP contribution >= 0.6 is 0 Å². The van der Waals surface area contributed by atoms with Gasteiger partial charge in [0.25, 0.3) is 0 Å². The SMILES string of the molecule is COc1cc(C=C(C)C(=O)O)ccc1[N+](=O)[O-]. The first kappa shape index (κ1) is 12.7. The number of carboxylic acid groups (broad SMARTS) is 1. The minimum Gasteiger partial charge on any atom is -0.490 e. The van der Waals surface area contributed by atoms with E-state index >= 15 is 0 Å². The summed E-state index contributed by atoms with van der Waals surface area (Å²) in [5.41, 5.74) is 0.519. The van der Waals surface area contributed by atoms with Gasteiger partial charge in [0.05, 0.1) is 12.0 Å². The number of nitro groups is 1. The summed E-state index contributed by atoms with van der Waals surface area (Å²) >= 11 is 0. The number of carboxylic acids is 1. The Morgan fingerprint density at radius 2 is 2.18 bits per heavy atom. The van der Waals surface area contributed by atoms with Gasteiger partial charge in [0.2, 0.25) is 0 Å². The molecule has 0 aliphatic heterocycles. The van der Waals surface area contributed by atoms with Gasteiger partial charge >= 0.3 is 11.7 Å². The predicted molar refractivity (Wildman–Crippen MR) is 60.9 cm³/mol. The van der Waals surface area contributed by atoms with Crippen molar-refractivity contribution < 1.29 is 19.6 Å². The number of hydrogen-bond acceptors (Lipinski definition) is 4. The maximum atomic E-state index is 10.6. The summed E-state index contributed by atoms with van der Waals surface area (Å²) < 4.78 is 4.87. The van der Waals surface area contributed by atoms with Gasteiger partial charge in [0.15, 0.2) is 5.75 Å². The van der Waals surface area contributed by atoms with Crippen molar-refractivity contribution in [1.82, 2.24) is 0 Å². The van der Waals surface area contributed by atoms with Gasteiger partial charge in [-0.3, -0.25) is 10.1 Å². The highest BCUT2D eigenvalue weighted by molar-refractivity contribution is 5.91. The summed E-state index contributed by atoms with van der Waals surface area (Å²) in [6, 6.07) is 4.16. The summed E-state index contributed by atoms with van der Waals surface area (Å²) in [7, 11) is 1.32. The minimum absolute atomic E-state index is 0.0990. The maximum absolute atomic E-state index is 10.6. The molecule has 0 aliphatic carbocycles. The molecule has 1 rings (SSSR count). The quantitative estimate of drug-likeness (QED) is 0.492. The van der Waals surface area contributed by atoms with Crippen LogP contribution in [-0.4, -0.2) is 23.1 Å². The van der Waals surface area contributed by atoms with E-state index in [-0.39, 0.29) is 17.0 Å². The summed E-state index contributed by atoms with van der Waals surface area (Å²) in [5, 5.41) is 19.3. The molecule has 90 valence electrons. The Balaban J connectivity index is 3.19. The molecule has 6 nitrogen and oxygen atoms in total. The van der Waals surface area contributed by atoms with Gasteiger partial charge in [0, 0.05) is 11.6 Å². The van der Waals surface area contributed by atoms with Crippen LogP contribution in [0.3, 0.4) is 0 Å². The van der Waals surface area contributed by atoms with Gasteiger partial charge in [-0.1, -0.05) is 0 Å². The largest absolute Gasteiger partial charge is 0.490 e. The summed E-state index contributed by atoms with van der Waals surface area (Å²) in [6.07, 6.45) is 1.41. The molecule has 0 atom stereocenters. The molecule has 0 heterocycles. The molecule has 17 heavy (non-hydrogen) atoms. The fourth-order valence-electron chi connectivity index (χ4n) is 1.25. The lowest BCUT2D eigenvalue weighted by Crippen LogP contribution is -1.96. The average molecular weight is 237 g/mol. The third-order valence-corrected chi connectivity index (χ3v) is 2.12. The van der Waals surface area contributed by atoms with Crippen molar-refractivity contribution in [3.63, 3.8) is 0 Å². The summed E-state index contributed by atoms with van der Waals surface area (Å²) in [6.45, 7) is 1.44. The van der Waals surface area contributed by atoms with Gasteiger partial charge in [-0.15, -0.1) is 0 Å². The van der Waals surface area contributed by atoms with Crippen LogP contribution in [0.1, 0.15) is 12.5 Å². The zero-order chi connectivity index (χ0) is 13.0. The fraction of sp³-hybridized carbons (Fsp3) is 0.182. The first-order chi connectivity index (χ1) is 7.95. The van der Waals surface area contributed by atoms with Gasteiger partial charge < -0.3 is 9.84 Å². The van der Waals surface area contributed by atoms with Crippen LogP contribution in [0, 0.1) is 10.1 Å². The molecule has 0 radical (unpaired) electrons. The topological polar surface area (TPSA) is 89.7 Å². The van der Waals surface area contributed by atoms with E-state index < -0.39 is 10.9 Å². The fourth-order valence-corrected chi connectivity index (χ4v) is 1.25. The van der Waals surface area contributed by atoms with Crippen LogP contribution in [0.15, 0.2) is 23.8 Å². The van der Waals surface area contributed by atoms with Gasteiger partial charge in [-0.25, -0.2) is 4.79 Å². The number of hydrogen-bond donors (Lipinski definition) is 1. The van der Waals surface area contributed by atoms with Crippen molar-refractivity contribution in [2.45, 2.75) is 6.92 Å². The molecule has 1 aromatic rings. The molecule has 6 heteroatoms. The molecular weight excluding hydrogens is 226 g/mol. The Labute approximate surface area is 97.3 Å². The highest BCUT2D eigenvalue weighted by Gasteiger charge is 2.14. The molecule has 0 aromatic heterocycles. The summed E-state index contributed by atoms with van der Waals surface area (Å²) in [4.78, 5) is 20.7. The molecule has 0 saturated carbocycles. The zero-order valence-electron chi connectivity index (χ0n) is 9.34. The number of methoxy groups -OCH3 is 1. The van der Waals surface area contributed by atoms with Crippen LogP contribution in [0.2, 0.25) is 0 Å². The Hall–Kier alpha value is -2.37. The molecule has 0 amide bonds. The number of aliphatic carboxylic acids is 1. The Morgan fingerprint density at radius 3 is 2.65 bits per heavy atom. The standard InChI is InChI=1S/C11H11NO5/c1-7(11(13)14)5-8-3-4-9(12(15)16)10(6-8)17-2/h3-6H,1-2H3,(H,13,14). The number of nitrogens with zero attached hydrogens (tertiary/aromatic N) is 1. The minimum atomic E-state index is -1.04. The molecule has 1 aromatic carbocycles. The van der Waals surface area contributed by atoms with Gasteiger partial charge in [-0.2, -0.15) is 0 Å². The molecule has 0 fully saturated rings. The van der Waals surface area contributed by atoms with E-state index in [1.807, 2.05) is 0 Å². The van der Waals surface area contributed by atoms with Crippen molar-refractivity contribution in [1.29, 1.82) is 0 Å². The molecule has 0 unspecified atom stereocenters. The van der Waals surface area contributed by atoms with Crippen molar-refractivity contribution >= 4 is 17.7 Å². The average Bonchev–Trinajstić information content (AvgIpc) is 2.28. The van der Waals surface area contributed by atoms with Crippen molar-refractivity contribution in [2.75, 3.05) is 7.11 Å². The third-order valence-electron chi connectivity index (χ3n) is 2.12. The lowest BCUT2D eigenvalue weighted by atomic mass is 10.1. The van der Waals surface area contributed by atoms with E-state index in [1.54, 1.807) is 0 Å². The first-order valence-electron chi connectivity index (χ1n) is 4.69. The van der Waals surface area contributed by atoms with Crippen LogP contribution < -0.4 is 4.74 Å². The first-order valence-corrected chi connectivity index (χ1v) is 4.69. The van der Waals surface area contributed by atoms with Crippen LogP contribution in [0.25, 0.3) is 6.08 Å². The van der Waals surface area contributed by atoms with E-state index in [1.165, 1.54) is 38.3 Å². The third kappa shape index (κ3) is 3.04. The lowest BCUT2D eigenvalue weighted by molar-refractivity contribution is -0.385. The monoisotopic (exact) mass is 237 g/mol. The van der Waals surface area contributed by atoms with Gasteiger partial charge in [0.1, 0.15) is 0 Å².